The zero-order valence-corrected chi connectivity index (χ0v) is 20.5. The van der Waals surface area contributed by atoms with Crippen molar-refractivity contribution in [2.24, 2.45) is 0 Å². The number of phenols is 1. The predicted octanol–water partition coefficient (Wildman–Crippen LogP) is 8.52. The van der Waals surface area contributed by atoms with Gasteiger partial charge < -0.3 is 5.11 Å². The van der Waals surface area contributed by atoms with Crippen LogP contribution in [-0.4, -0.2) is 5.11 Å². The summed E-state index contributed by atoms with van der Waals surface area (Å²) in [6, 6.07) is 48.4. The van der Waals surface area contributed by atoms with Crippen LogP contribution >= 0.6 is 11.8 Å². The fraction of sp³-hybridized carbons (Fsp3) is 0.0909. The highest BCUT2D eigenvalue weighted by Gasteiger charge is 2.40. The van der Waals surface area contributed by atoms with Crippen molar-refractivity contribution in [2.75, 3.05) is 0 Å². The summed E-state index contributed by atoms with van der Waals surface area (Å²) in [5.74, 6) is 0.316. The molecule has 0 heterocycles. The van der Waals surface area contributed by atoms with Crippen molar-refractivity contribution in [3.63, 3.8) is 0 Å². The van der Waals surface area contributed by atoms with E-state index in [9.17, 15) is 5.11 Å². The minimum absolute atomic E-state index is 0.0991. The highest BCUT2D eigenvalue weighted by molar-refractivity contribution is 8.01. The molecule has 0 unspecified atom stereocenters. The quantitative estimate of drug-likeness (QED) is 0.240. The molecule has 0 amide bonds. The Labute approximate surface area is 212 Å². The van der Waals surface area contributed by atoms with Gasteiger partial charge in [0.05, 0.1) is 10.00 Å². The SMILES string of the molecule is Cc1ccccc1[C@@H](SC(c1ccccc1)(c1ccccc1)c1ccccc1)c1ccccc1O. The lowest BCUT2D eigenvalue weighted by atomic mass is 9.84. The van der Waals surface area contributed by atoms with E-state index in [1.165, 1.54) is 27.8 Å². The van der Waals surface area contributed by atoms with Gasteiger partial charge in [-0.15, -0.1) is 11.8 Å². The van der Waals surface area contributed by atoms with Crippen LogP contribution in [0.3, 0.4) is 0 Å². The van der Waals surface area contributed by atoms with Gasteiger partial charge in [0.2, 0.25) is 0 Å². The van der Waals surface area contributed by atoms with E-state index >= 15 is 0 Å². The minimum Gasteiger partial charge on any atom is -0.508 e. The topological polar surface area (TPSA) is 20.2 Å². The first-order valence-electron chi connectivity index (χ1n) is 11.9. The molecule has 0 aliphatic rings. The van der Waals surface area contributed by atoms with E-state index in [1.54, 1.807) is 6.07 Å². The summed E-state index contributed by atoms with van der Waals surface area (Å²) in [4.78, 5) is 0. The van der Waals surface area contributed by atoms with E-state index in [0.717, 1.165) is 5.56 Å². The van der Waals surface area contributed by atoms with E-state index in [2.05, 4.69) is 122 Å². The summed E-state index contributed by atoms with van der Waals surface area (Å²) in [7, 11) is 0. The number of phenolic OH excluding ortho intramolecular Hbond substituents is 1. The van der Waals surface area contributed by atoms with Crippen molar-refractivity contribution in [3.8, 4) is 5.75 Å². The van der Waals surface area contributed by atoms with Gasteiger partial charge >= 0.3 is 0 Å². The number of benzene rings is 5. The molecular weight excluding hydrogens is 444 g/mol. The number of hydrogen-bond acceptors (Lipinski definition) is 2. The second kappa shape index (κ2) is 10.2. The molecule has 1 nitrogen and oxygen atoms in total. The molecule has 0 radical (unpaired) electrons. The van der Waals surface area contributed by atoms with Crippen LogP contribution < -0.4 is 0 Å². The van der Waals surface area contributed by atoms with Crippen molar-refractivity contribution in [2.45, 2.75) is 16.9 Å². The van der Waals surface area contributed by atoms with Gasteiger partial charge in [0.1, 0.15) is 5.75 Å². The molecule has 35 heavy (non-hydrogen) atoms. The first kappa shape index (κ1) is 23.0. The van der Waals surface area contributed by atoms with Gasteiger partial charge in [0, 0.05) is 5.56 Å². The smallest absolute Gasteiger partial charge is 0.120 e. The molecule has 1 atom stereocenters. The molecular formula is C33H28OS. The highest BCUT2D eigenvalue weighted by atomic mass is 32.2. The Morgan fingerprint density at radius 2 is 0.914 bits per heavy atom. The Kier molecular flexibility index (Phi) is 6.74. The van der Waals surface area contributed by atoms with Crippen LogP contribution in [-0.2, 0) is 4.75 Å². The lowest BCUT2D eigenvalue weighted by molar-refractivity contribution is 0.469. The Morgan fingerprint density at radius 3 is 1.37 bits per heavy atom. The zero-order chi connectivity index (χ0) is 24.1. The molecule has 172 valence electrons. The van der Waals surface area contributed by atoms with Gasteiger partial charge in [-0.1, -0.05) is 133 Å². The largest absolute Gasteiger partial charge is 0.508 e. The Balaban J connectivity index is 1.82. The number of thioether (sulfide) groups is 1. The normalized spacial score (nSPS) is 12.3. The summed E-state index contributed by atoms with van der Waals surface area (Å²) in [5.41, 5.74) is 6.94. The van der Waals surface area contributed by atoms with Crippen LogP contribution in [0.2, 0.25) is 0 Å². The second-order valence-corrected chi connectivity index (χ2v) is 10.0. The standard InChI is InChI=1S/C33H28OS/c1-25-15-11-12-22-29(25)32(30-23-13-14-24-31(30)34)35-33(26-16-5-2-6-17-26,27-18-7-3-8-19-27)28-20-9-4-10-21-28/h2-24,32,34H,1H3/t32-/m1/s1. The maximum absolute atomic E-state index is 11.0. The van der Waals surface area contributed by atoms with Crippen molar-refractivity contribution in [1.29, 1.82) is 0 Å². The van der Waals surface area contributed by atoms with Crippen LogP contribution in [0.4, 0.5) is 0 Å². The molecule has 5 aromatic carbocycles. The van der Waals surface area contributed by atoms with Gasteiger partial charge in [-0.2, -0.15) is 0 Å². The summed E-state index contributed by atoms with van der Waals surface area (Å²) >= 11 is 1.87. The lowest BCUT2D eigenvalue weighted by Gasteiger charge is -2.39. The third-order valence-corrected chi connectivity index (χ3v) is 8.33. The molecule has 0 fully saturated rings. The molecule has 0 aliphatic carbocycles. The molecule has 0 spiro atoms. The van der Waals surface area contributed by atoms with Gasteiger partial charge in [0.25, 0.3) is 0 Å². The molecule has 5 aromatic rings. The number of hydrogen-bond donors (Lipinski definition) is 1. The molecule has 2 heteroatoms. The van der Waals surface area contributed by atoms with Gasteiger partial charge in [-0.3, -0.25) is 0 Å². The van der Waals surface area contributed by atoms with E-state index in [4.69, 9.17) is 0 Å². The van der Waals surface area contributed by atoms with Gasteiger partial charge in [0.15, 0.2) is 0 Å². The maximum Gasteiger partial charge on any atom is 0.120 e. The number of aryl methyl sites for hydroxylation is 1. The van der Waals surface area contributed by atoms with Gasteiger partial charge in [-0.05, 0) is 40.8 Å². The third kappa shape index (κ3) is 4.50. The Bertz CT molecular complexity index is 1240. The summed E-state index contributed by atoms with van der Waals surface area (Å²) in [5, 5.41) is 10.9. The van der Waals surface area contributed by atoms with Crippen molar-refractivity contribution in [1.82, 2.24) is 0 Å². The summed E-state index contributed by atoms with van der Waals surface area (Å²) in [6.45, 7) is 2.15. The fourth-order valence-electron chi connectivity index (χ4n) is 4.78. The third-order valence-electron chi connectivity index (χ3n) is 6.53. The number of rotatable bonds is 7. The van der Waals surface area contributed by atoms with Gasteiger partial charge in [-0.25, -0.2) is 0 Å². The summed E-state index contributed by atoms with van der Waals surface area (Å²) in [6.07, 6.45) is 0. The Morgan fingerprint density at radius 1 is 0.514 bits per heavy atom. The van der Waals surface area contributed by atoms with E-state index in [1.807, 2.05) is 30.0 Å². The van der Waals surface area contributed by atoms with E-state index in [-0.39, 0.29) is 5.25 Å². The van der Waals surface area contributed by atoms with Crippen molar-refractivity contribution >= 4 is 11.8 Å². The number of para-hydroxylation sites is 1. The molecule has 0 saturated heterocycles. The monoisotopic (exact) mass is 472 g/mol. The van der Waals surface area contributed by atoms with Crippen LogP contribution in [0.15, 0.2) is 140 Å². The maximum atomic E-state index is 11.0. The summed E-state index contributed by atoms with van der Waals surface area (Å²) < 4.78 is -0.501. The molecule has 0 bridgehead atoms. The van der Waals surface area contributed by atoms with E-state index in [0.29, 0.717) is 5.75 Å². The first-order chi connectivity index (χ1) is 17.2. The predicted molar refractivity (Wildman–Crippen MR) is 148 cm³/mol. The van der Waals surface area contributed by atoms with Crippen LogP contribution in [0.25, 0.3) is 0 Å². The van der Waals surface area contributed by atoms with Crippen molar-refractivity contribution in [3.05, 3.63) is 173 Å². The van der Waals surface area contributed by atoms with Crippen LogP contribution in [0.5, 0.6) is 5.75 Å². The molecule has 0 saturated carbocycles. The average molecular weight is 473 g/mol. The molecule has 5 rings (SSSR count). The fourth-order valence-corrected chi connectivity index (χ4v) is 6.67. The molecule has 0 aromatic heterocycles. The minimum atomic E-state index is -0.501. The highest BCUT2D eigenvalue weighted by Crippen LogP contribution is 2.56. The lowest BCUT2D eigenvalue weighted by Crippen LogP contribution is -2.27. The second-order valence-electron chi connectivity index (χ2n) is 8.69. The molecule has 1 N–H and O–H groups in total. The Hall–Kier alpha value is -3.75. The van der Waals surface area contributed by atoms with Crippen LogP contribution in [0, 0.1) is 6.92 Å². The van der Waals surface area contributed by atoms with E-state index < -0.39 is 4.75 Å². The van der Waals surface area contributed by atoms with Crippen LogP contribution in [0.1, 0.15) is 38.6 Å². The van der Waals surface area contributed by atoms with Crippen molar-refractivity contribution < 1.29 is 5.11 Å². The first-order valence-corrected chi connectivity index (χ1v) is 12.8. The molecule has 0 aliphatic heterocycles. The zero-order valence-electron chi connectivity index (χ0n) is 19.7. The average Bonchev–Trinajstić information content (AvgIpc) is 2.92. The number of aromatic hydroxyl groups is 1.